The summed E-state index contributed by atoms with van der Waals surface area (Å²) in [6.45, 7) is 6.40. The molecule has 1 N–H and O–H groups in total. The Labute approximate surface area is 171 Å². The van der Waals surface area contributed by atoms with E-state index in [-0.39, 0.29) is 11.4 Å². The summed E-state index contributed by atoms with van der Waals surface area (Å²) >= 11 is 0. The Balaban J connectivity index is 1.80. The fourth-order valence-electron chi connectivity index (χ4n) is 3.56. The zero-order valence-corrected chi connectivity index (χ0v) is 17.0. The monoisotopic (exact) mass is 383 g/mol. The van der Waals surface area contributed by atoms with Crippen molar-refractivity contribution in [2.45, 2.75) is 32.7 Å². The number of carbonyl (C=O) groups excluding carboxylic acids is 1. The molecule has 29 heavy (non-hydrogen) atoms. The molecule has 0 spiro atoms. The lowest BCUT2D eigenvalue weighted by Gasteiger charge is -2.20. The maximum absolute atomic E-state index is 12.7. The molecule has 0 aliphatic heterocycles. The molecule has 4 rings (SSSR count). The van der Waals surface area contributed by atoms with E-state index in [4.69, 9.17) is 5.10 Å². The van der Waals surface area contributed by atoms with Crippen molar-refractivity contribution in [1.29, 1.82) is 0 Å². The molecule has 0 saturated carbocycles. The summed E-state index contributed by atoms with van der Waals surface area (Å²) in [5.41, 5.74) is 4.52. The number of nitrogens with zero attached hydrogens (tertiary/aromatic N) is 2. The maximum Gasteiger partial charge on any atom is 0.228 e. The largest absolute Gasteiger partial charge is 0.325 e. The second-order valence-electron chi connectivity index (χ2n) is 8.21. The normalized spacial score (nSPS) is 11.6. The zero-order valence-electron chi connectivity index (χ0n) is 17.0. The SMILES string of the molecule is CC(C)(C)n1nc(-c2ccccc2)c2c(NC(=O)Cc3ccccc3)cccc21. The van der Waals surface area contributed by atoms with E-state index in [1.807, 2.05) is 65.3 Å². The van der Waals surface area contributed by atoms with Gasteiger partial charge in [-0.1, -0.05) is 66.7 Å². The molecule has 3 aromatic carbocycles. The number of aromatic nitrogens is 2. The smallest absolute Gasteiger partial charge is 0.228 e. The lowest BCUT2D eigenvalue weighted by molar-refractivity contribution is -0.115. The van der Waals surface area contributed by atoms with Gasteiger partial charge >= 0.3 is 0 Å². The molecule has 1 heterocycles. The molecule has 4 heteroatoms. The van der Waals surface area contributed by atoms with Gasteiger partial charge < -0.3 is 5.32 Å². The number of hydrogen-bond donors (Lipinski definition) is 1. The average Bonchev–Trinajstić information content (AvgIpc) is 3.11. The van der Waals surface area contributed by atoms with Crippen LogP contribution in [0.4, 0.5) is 5.69 Å². The predicted molar refractivity (Wildman–Crippen MR) is 119 cm³/mol. The standard InChI is InChI=1S/C25H25N3O/c1-25(2,3)28-21-16-10-15-20(26-22(29)17-18-11-6-4-7-12-18)23(21)24(27-28)19-13-8-5-9-14-19/h4-16H,17H2,1-3H3,(H,26,29). The van der Waals surface area contributed by atoms with Gasteiger partial charge in [0.25, 0.3) is 0 Å². The Morgan fingerprint density at radius 3 is 2.21 bits per heavy atom. The highest BCUT2D eigenvalue weighted by Gasteiger charge is 2.23. The molecular formula is C25H25N3O. The average molecular weight is 383 g/mol. The number of hydrogen-bond acceptors (Lipinski definition) is 2. The van der Waals surface area contributed by atoms with E-state index in [1.54, 1.807) is 0 Å². The van der Waals surface area contributed by atoms with Crippen molar-refractivity contribution in [3.8, 4) is 11.3 Å². The number of fused-ring (bicyclic) bond motifs is 1. The van der Waals surface area contributed by atoms with E-state index in [2.05, 4.69) is 44.3 Å². The molecule has 4 aromatic rings. The Morgan fingerprint density at radius 2 is 1.55 bits per heavy atom. The maximum atomic E-state index is 12.7. The molecule has 0 saturated heterocycles. The van der Waals surface area contributed by atoms with E-state index in [0.29, 0.717) is 6.42 Å². The summed E-state index contributed by atoms with van der Waals surface area (Å²) in [4.78, 5) is 12.7. The van der Waals surface area contributed by atoms with E-state index < -0.39 is 0 Å². The van der Waals surface area contributed by atoms with Gasteiger partial charge in [0.05, 0.1) is 28.6 Å². The molecule has 4 nitrogen and oxygen atoms in total. The summed E-state index contributed by atoms with van der Waals surface area (Å²) in [6.07, 6.45) is 0.339. The zero-order chi connectivity index (χ0) is 20.4. The molecule has 0 aliphatic carbocycles. The highest BCUT2D eigenvalue weighted by Crippen LogP contribution is 2.36. The van der Waals surface area contributed by atoms with Crippen LogP contribution < -0.4 is 5.32 Å². The van der Waals surface area contributed by atoms with Gasteiger partial charge in [-0.15, -0.1) is 0 Å². The topological polar surface area (TPSA) is 46.9 Å². The molecule has 0 bridgehead atoms. The summed E-state index contributed by atoms with van der Waals surface area (Å²) in [5.74, 6) is -0.0359. The number of amides is 1. The first-order valence-corrected chi connectivity index (χ1v) is 9.85. The third kappa shape index (κ3) is 3.92. The van der Waals surface area contributed by atoms with Crippen LogP contribution in [0.2, 0.25) is 0 Å². The van der Waals surface area contributed by atoms with Crippen molar-refractivity contribution in [1.82, 2.24) is 9.78 Å². The second-order valence-corrected chi connectivity index (χ2v) is 8.21. The van der Waals surface area contributed by atoms with Crippen LogP contribution in [0.5, 0.6) is 0 Å². The Morgan fingerprint density at radius 1 is 0.897 bits per heavy atom. The summed E-state index contributed by atoms with van der Waals surface area (Å²) < 4.78 is 2.04. The molecule has 1 aromatic heterocycles. The number of carbonyl (C=O) groups is 1. The van der Waals surface area contributed by atoms with E-state index in [0.717, 1.165) is 33.4 Å². The van der Waals surface area contributed by atoms with Gasteiger partial charge in [-0.2, -0.15) is 5.10 Å². The van der Waals surface area contributed by atoms with Crippen molar-refractivity contribution in [2.24, 2.45) is 0 Å². The number of anilines is 1. The Kier molecular flexibility index (Phi) is 4.93. The lowest BCUT2D eigenvalue weighted by atomic mass is 10.0. The minimum Gasteiger partial charge on any atom is -0.325 e. The minimum atomic E-state index is -0.183. The van der Waals surface area contributed by atoms with Crippen molar-refractivity contribution in [3.05, 3.63) is 84.4 Å². The highest BCUT2D eigenvalue weighted by molar-refractivity contribution is 6.07. The summed E-state index contributed by atoms with van der Waals surface area (Å²) in [6, 6.07) is 25.9. The molecular weight excluding hydrogens is 358 g/mol. The highest BCUT2D eigenvalue weighted by atomic mass is 16.1. The van der Waals surface area contributed by atoms with E-state index in [1.165, 1.54) is 0 Å². The summed E-state index contributed by atoms with van der Waals surface area (Å²) in [7, 11) is 0. The third-order valence-corrected chi connectivity index (χ3v) is 4.87. The summed E-state index contributed by atoms with van der Waals surface area (Å²) in [5, 5.41) is 9.03. The molecule has 0 atom stereocenters. The second kappa shape index (κ2) is 7.55. The van der Waals surface area contributed by atoms with Crippen molar-refractivity contribution < 1.29 is 4.79 Å². The van der Waals surface area contributed by atoms with E-state index >= 15 is 0 Å². The first-order chi connectivity index (χ1) is 13.9. The fraction of sp³-hybridized carbons (Fsp3) is 0.200. The molecule has 1 amide bonds. The number of nitrogens with one attached hydrogen (secondary N) is 1. The predicted octanol–water partition coefficient (Wildman–Crippen LogP) is 5.64. The molecule has 0 fully saturated rings. The van der Waals surface area contributed by atoms with E-state index in [9.17, 15) is 4.79 Å². The van der Waals surface area contributed by atoms with Gasteiger partial charge in [0.1, 0.15) is 5.69 Å². The van der Waals surface area contributed by atoms with Crippen LogP contribution in [0.3, 0.4) is 0 Å². The van der Waals surface area contributed by atoms with Crippen LogP contribution in [-0.2, 0) is 16.8 Å². The molecule has 146 valence electrons. The van der Waals surface area contributed by atoms with Gasteiger partial charge in [0.2, 0.25) is 5.91 Å². The van der Waals surface area contributed by atoms with Crippen LogP contribution in [0.1, 0.15) is 26.3 Å². The minimum absolute atomic E-state index is 0.0359. The first-order valence-electron chi connectivity index (χ1n) is 9.85. The lowest BCUT2D eigenvalue weighted by Crippen LogP contribution is -2.23. The van der Waals surface area contributed by atoms with Crippen LogP contribution >= 0.6 is 0 Å². The van der Waals surface area contributed by atoms with Crippen LogP contribution in [-0.4, -0.2) is 15.7 Å². The fourth-order valence-corrected chi connectivity index (χ4v) is 3.56. The van der Waals surface area contributed by atoms with Crippen LogP contribution in [0.15, 0.2) is 78.9 Å². The van der Waals surface area contributed by atoms with Crippen LogP contribution in [0, 0.1) is 0 Å². The van der Waals surface area contributed by atoms with Gasteiger partial charge in [-0.25, -0.2) is 0 Å². The van der Waals surface area contributed by atoms with Gasteiger partial charge in [-0.3, -0.25) is 9.48 Å². The van der Waals surface area contributed by atoms with Crippen molar-refractivity contribution >= 4 is 22.5 Å². The quantitative estimate of drug-likeness (QED) is 0.496. The van der Waals surface area contributed by atoms with Gasteiger partial charge in [0, 0.05) is 5.56 Å². The molecule has 0 unspecified atom stereocenters. The molecule has 0 radical (unpaired) electrons. The van der Waals surface area contributed by atoms with Gasteiger partial charge in [0.15, 0.2) is 0 Å². The Hall–Kier alpha value is -3.40. The van der Waals surface area contributed by atoms with Crippen molar-refractivity contribution in [3.63, 3.8) is 0 Å². The molecule has 0 aliphatic rings. The number of benzene rings is 3. The van der Waals surface area contributed by atoms with Gasteiger partial charge in [-0.05, 0) is 38.5 Å². The third-order valence-electron chi connectivity index (χ3n) is 4.87. The van der Waals surface area contributed by atoms with Crippen molar-refractivity contribution in [2.75, 3.05) is 5.32 Å². The number of rotatable bonds is 4. The van der Waals surface area contributed by atoms with Crippen LogP contribution in [0.25, 0.3) is 22.2 Å². The Bertz CT molecular complexity index is 1140. The first kappa shape index (κ1) is 18.9.